The zero-order chi connectivity index (χ0) is 20.1. The molecule has 0 radical (unpaired) electrons. The molecule has 1 aliphatic rings. The van der Waals surface area contributed by atoms with Gasteiger partial charge >= 0.3 is 5.97 Å². The highest BCUT2D eigenvalue weighted by atomic mass is 16.5. The van der Waals surface area contributed by atoms with Crippen molar-refractivity contribution in [3.05, 3.63) is 89.7 Å². The standard InChI is InChI=1S/C23H23N3O3/c27-21(24-17-23(11-12-23)20-5-2-1-3-6-20)16-29-22(28)19-9-7-18(8-10-19)15-26-14-4-13-25-26/h1-10,13-14H,11-12,15-17H2,(H,24,27). The third-order valence-electron chi connectivity index (χ3n) is 5.29. The molecule has 6 heteroatoms. The van der Waals surface area contributed by atoms with E-state index in [9.17, 15) is 9.59 Å². The van der Waals surface area contributed by atoms with Gasteiger partial charge in [0, 0.05) is 24.4 Å². The van der Waals surface area contributed by atoms with E-state index in [0.717, 1.165) is 18.4 Å². The van der Waals surface area contributed by atoms with Crippen molar-refractivity contribution < 1.29 is 14.3 Å². The number of carbonyl (C=O) groups is 2. The molecule has 1 N–H and O–H groups in total. The van der Waals surface area contributed by atoms with Crippen molar-refractivity contribution in [3.63, 3.8) is 0 Å². The van der Waals surface area contributed by atoms with Crippen LogP contribution in [-0.4, -0.2) is 34.8 Å². The Morgan fingerprint density at radius 3 is 2.45 bits per heavy atom. The summed E-state index contributed by atoms with van der Waals surface area (Å²) in [6, 6.07) is 19.2. The minimum absolute atomic E-state index is 0.0331. The molecular weight excluding hydrogens is 366 g/mol. The van der Waals surface area contributed by atoms with Crippen LogP contribution in [0.4, 0.5) is 0 Å². The van der Waals surface area contributed by atoms with Gasteiger partial charge in [-0.05, 0) is 42.2 Å². The van der Waals surface area contributed by atoms with E-state index in [1.54, 1.807) is 23.0 Å². The summed E-state index contributed by atoms with van der Waals surface area (Å²) >= 11 is 0. The summed E-state index contributed by atoms with van der Waals surface area (Å²) in [5, 5.41) is 7.06. The molecule has 4 rings (SSSR count). The van der Waals surface area contributed by atoms with E-state index in [-0.39, 0.29) is 17.9 Å². The molecule has 0 atom stereocenters. The summed E-state index contributed by atoms with van der Waals surface area (Å²) in [5.41, 5.74) is 2.72. The van der Waals surface area contributed by atoms with Crippen LogP contribution < -0.4 is 5.32 Å². The molecule has 1 amide bonds. The molecule has 1 heterocycles. The van der Waals surface area contributed by atoms with Crippen LogP contribution in [0, 0.1) is 0 Å². The van der Waals surface area contributed by atoms with Crippen LogP contribution >= 0.6 is 0 Å². The maximum absolute atomic E-state index is 12.2. The minimum atomic E-state index is -0.505. The SMILES string of the molecule is O=C(COC(=O)c1ccc(Cn2cccn2)cc1)NCC1(c2ccccc2)CC1. The molecule has 0 saturated heterocycles. The van der Waals surface area contributed by atoms with E-state index in [1.165, 1.54) is 5.56 Å². The van der Waals surface area contributed by atoms with Crippen LogP contribution in [0.2, 0.25) is 0 Å². The first-order valence-electron chi connectivity index (χ1n) is 9.70. The Kier molecular flexibility index (Phi) is 5.42. The van der Waals surface area contributed by atoms with Crippen molar-refractivity contribution in [2.45, 2.75) is 24.8 Å². The van der Waals surface area contributed by atoms with E-state index in [2.05, 4.69) is 22.5 Å². The summed E-state index contributed by atoms with van der Waals surface area (Å²) in [6.45, 7) is 0.919. The number of hydrogen-bond acceptors (Lipinski definition) is 4. The largest absolute Gasteiger partial charge is 0.452 e. The molecule has 0 spiro atoms. The van der Waals surface area contributed by atoms with Gasteiger partial charge in [-0.15, -0.1) is 0 Å². The lowest BCUT2D eigenvalue weighted by atomic mass is 9.96. The maximum Gasteiger partial charge on any atom is 0.338 e. The molecule has 0 bridgehead atoms. The molecule has 148 valence electrons. The van der Waals surface area contributed by atoms with Crippen molar-refractivity contribution in [1.82, 2.24) is 15.1 Å². The first-order valence-corrected chi connectivity index (χ1v) is 9.70. The van der Waals surface area contributed by atoms with Crippen molar-refractivity contribution >= 4 is 11.9 Å². The average molecular weight is 389 g/mol. The molecule has 1 fully saturated rings. The highest BCUT2D eigenvalue weighted by molar-refractivity contribution is 5.91. The number of rotatable bonds is 8. The summed E-state index contributed by atoms with van der Waals surface area (Å²) in [5.74, 6) is -0.786. The Morgan fingerprint density at radius 1 is 1.03 bits per heavy atom. The number of nitrogens with zero attached hydrogens (tertiary/aromatic N) is 2. The lowest BCUT2D eigenvalue weighted by Gasteiger charge is -2.16. The number of nitrogens with one attached hydrogen (secondary N) is 1. The number of ether oxygens (including phenoxy) is 1. The lowest BCUT2D eigenvalue weighted by Crippen LogP contribution is -2.35. The van der Waals surface area contributed by atoms with Crippen LogP contribution in [0.25, 0.3) is 0 Å². The van der Waals surface area contributed by atoms with E-state index in [4.69, 9.17) is 4.74 Å². The van der Waals surface area contributed by atoms with Crippen LogP contribution in [0.15, 0.2) is 73.1 Å². The zero-order valence-electron chi connectivity index (χ0n) is 16.1. The molecular formula is C23H23N3O3. The van der Waals surface area contributed by atoms with Crippen LogP contribution in [-0.2, 0) is 21.5 Å². The van der Waals surface area contributed by atoms with Crippen molar-refractivity contribution in [2.75, 3.05) is 13.2 Å². The average Bonchev–Trinajstić information content (AvgIpc) is 3.39. The Morgan fingerprint density at radius 2 is 1.79 bits per heavy atom. The monoisotopic (exact) mass is 389 g/mol. The summed E-state index contributed by atoms with van der Waals surface area (Å²) in [6.07, 6.45) is 5.72. The van der Waals surface area contributed by atoms with E-state index in [1.807, 2.05) is 42.6 Å². The third-order valence-corrected chi connectivity index (χ3v) is 5.29. The highest BCUT2D eigenvalue weighted by Crippen LogP contribution is 2.47. The molecule has 2 aromatic carbocycles. The van der Waals surface area contributed by atoms with Gasteiger partial charge in [0.25, 0.3) is 5.91 Å². The van der Waals surface area contributed by atoms with Crippen LogP contribution in [0.3, 0.4) is 0 Å². The number of amides is 1. The van der Waals surface area contributed by atoms with Gasteiger partial charge in [0.05, 0.1) is 12.1 Å². The number of hydrogen-bond donors (Lipinski definition) is 1. The smallest absolute Gasteiger partial charge is 0.338 e. The number of carbonyl (C=O) groups excluding carboxylic acids is 2. The van der Waals surface area contributed by atoms with Gasteiger partial charge in [-0.1, -0.05) is 42.5 Å². The van der Waals surface area contributed by atoms with E-state index >= 15 is 0 Å². The second-order valence-electron chi connectivity index (χ2n) is 7.40. The first kappa shape index (κ1) is 18.9. The van der Waals surface area contributed by atoms with Gasteiger partial charge < -0.3 is 10.1 Å². The van der Waals surface area contributed by atoms with Gasteiger partial charge in [-0.3, -0.25) is 9.48 Å². The lowest BCUT2D eigenvalue weighted by molar-refractivity contribution is -0.124. The second-order valence-corrected chi connectivity index (χ2v) is 7.40. The molecule has 1 saturated carbocycles. The minimum Gasteiger partial charge on any atom is -0.452 e. The molecule has 1 aliphatic carbocycles. The van der Waals surface area contributed by atoms with Crippen LogP contribution in [0.5, 0.6) is 0 Å². The quantitative estimate of drug-likeness (QED) is 0.601. The van der Waals surface area contributed by atoms with Gasteiger partial charge in [-0.2, -0.15) is 5.10 Å². The molecule has 6 nitrogen and oxygen atoms in total. The number of esters is 1. The Hall–Kier alpha value is -3.41. The molecule has 3 aromatic rings. The van der Waals surface area contributed by atoms with Crippen molar-refractivity contribution in [1.29, 1.82) is 0 Å². The fourth-order valence-corrected chi connectivity index (χ4v) is 3.37. The molecule has 0 aliphatic heterocycles. The van der Waals surface area contributed by atoms with Crippen LogP contribution in [0.1, 0.15) is 34.3 Å². The Bertz CT molecular complexity index is 962. The predicted molar refractivity (Wildman–Crippen MR) is 108 cm³/mol. The van der Waals surface area contributed by atoms with Gasteiger partial charge in [-0.25, -0.2) is 4.79 Å². The Labute approximate surface area is 169 Å². The molecule has 0 unspecified atom stereocenters. The zero-order valence-corrected chi connectivity index (χ0v) is 16.1. The Balaban J connectivity index is 1.23. The fourth-order valence-electron chi connectivity index (χ4n) is 3.37. The number of aromatic nitrogens is 2. The van der Waals surface area contributed by atoms with Crippen molar-refractivity contribution in [2.24, 2.45) is 0 Å². The molecule has 29 heavy (non-hydrogen) atoms. The maximum atomic E-state index is 12.2. The highest BCUT2D eigenvalue weighted by Gasteiger charge is 2.44. The van der Waals surface area contributed by atoms with Gasteiger partial charge in [0.15, 0.2) is 6.61 Å². The topological polar surface area (TPSA) is 73.2 Å². The van der Waals surface area contributed by atoms with E-state index < -0.39 is 5.97 Å². The fraction of sp³-hybridized carbons (Fsp3) is 0.261. The van der Waals surface area contributed by atoms with Crippen molar-refractivity contribution in [3.8, 4) is 0 Å². The summed E-state index contributed by atoms with van der Waals surface area (Å²) < 4.78 is 6.96. The molecule has 1 aromatic heterocycles. The second kappa shape index (κ2) is 8.31. The summed E-state index contributed by atoms with van der Waals surface area (Å²) in [7, 11) is 0. The predicted octanol–water partition coefficient (Wildman–Crippen LogP) is 2.94. The summed E-state index contributed by atoms with van der Waals surface area (Å²) in [4.78, 5) is 24.3. The first-order chi connectivity index (χ1) is 14.1. The van der Waals surface area contributed by atoms with Gasteiger partial charge in [0.1, 0.15) is 0 Å². The third kappa shape index (κ3) is 4.71. The van der Waals surface area contributed by atoms with Gasteiger partial charge in [0.2, 0.25) is 0 Å². The van der Waals surface area contributed by atoms with E-state index in [0.29, 0.717) is 18.7 Å². The number of benzene rings is 2. The normalized spacial score (nSPS) is 14.2.